The van der Waals surface area contributed by atoms with E-state index in [-0.39, 0.29) is 29.9 Å². The molecule has 100 valence electrons. The maximum Gasteiger partial charge on any atom is 0.246 e. The molecule has 3 heterocycles. The second-order valence-corrected chi connectivity index (χ2v) is 5.45. The van der Waals surface area contributed by atoms with E-state index in [1.165, 1.54) is 0 Å². The second-order valence-electron chi connectivity index (χ2n) is 5.45. The monoisotopic (exact) mass is 252 g/mol. The highest BCUT2D eigenvalue weighted by Gasteiger charge is 2.48. The molecular formula is C13H20N2O3. The summed E-state index contributed by atoms with van der Waals surface area (Å²) in [6.07, 6.45) is 3.50. The zero-order valence-corrected chi connectivity index (χ0v) is 10.8. The molecule has 2 amide bonds. The summed E-state index contributed by atoms with van der Waals surface area (Å²) in [5.74, 6) is 0.287. The normalized spacial score (nSPS) is 34.1. The third-order valence-electron chi connectivity index (χ3n) is 4.43. The van der Waals surface area contributed by atoms with Crippen molar-refractivity contribution < 1.29 is 14.3 Å². The third kappa shape index (κ3) is 1.72. The van der Waals surface area contributed by atoms with Crippen LogP contribution in [-0.4, -0.2) is 59.5 Å². The molecule has 0 spiro atoms. The topological polar surface area (TPSA) is 49.9 Å². The fourth-order valence-corrected chi connectivity index (χ4v) is 3.47. The van der Waals surface area contributed by atoms with E-state index >= 15 is 0 Å². The van der Waals surface area contributed by atoms with Gasteiger partial charge in [0.05, 0.1) is 0 Å². The molecule has 3 fully saturated rings. The maximum absolute atomic E-state index is 12.6. The average molecular weight is 252 g/mol. The Bertz CT molecular complexity index is 365. The molecule has 18 heavy (non-hydrogen) atoms. The third-order valence-corrected chi connectivity index (χ3v) is 4.43. The predicted molar refractivity (Wildman–Crippen MR) is 64.9 cm³/mol. The number of piperazine rings is 1. The molecule has 5 nitrogen and oxygen atoms in total. The van der Waals surface area contributed by atoms with E-state index in [9.17, 15) is 9.59 Å². The van der Waals surface area contributed by atoms with Gasteiger partial charge in [0.15, 0.2) is 0 Å². The van der Waals surface area contributed by atoms with E-state index < -0.39 is 0 Å². The van der Waals surface area contributed by atoms with Gasteiger partial charge < -0.3 is 14.5 Å². The molecule has 0 aromatic rings. The van der Waals surface area contributed by atoms with Gasteiger partial charge >= 0.3 is 0 Å². The van der Waals surface area contributed by atoms with Gasteiger partial charge in [0, 0.05) is 25.8 Å². The molecule has 0 bridgehead atoms. The molecule has 2 atom stereocenters. The quantitative estimate of drug-likeness (QED) is 0.678. The Morgan fingerprint density at radius 2 is 1.83 bits per heavy atom. The number of fused-ring (bicyclic) bond motifs is 1. The number of nitrogens with zero attached hydrogens (tertiary/aromatic N) is 2. The number of amides is 2. The van der Waals surface area contributed by atoms with Gasteiger partial charge in [-0.2, -0.15) is 0 Å². The van der Waals surface area contributed by atoms with Crippen molar-refractivity contribution in [2.75, 3.05) is 19.8 Å². The van der Waals surface area contributed by atoms with Gasteiger partial charge in [-0.3, -0.25) is 9.59 Å². The molecule has 0 N–H and O–H groups in total. The molecule has 2 unspecified atom stereocenters. The Morgan fingerprint density at radius 3 is 2.56 bits per heavy atom. The van der Waals surface area contributed by atoms with Crippen LogP contribution in [0.4, 0.5) is 0 Å². The molecule has 3 saturated heterocycles. The maximum atomic E-state index is 12.6. The van der Waals surface area contributed by atoms with Gasteiger partial charge in [-0.25, -0.2) is 0 Å². The number of carbonyl (C=O) groups is 2. The molecule has 0 aromatic carbocycles. The van der Waals surface area contributed by atoms with Crippen molar-refractivity contribution in [2.45, 2.75) is 50.7 Å². The second kappa shape index (κ2) is 4.53. The minimum absolute atomic E-state index is 0.128. The lowest BCUT2D eigenvalue weighted by Crippen LogP contribution is -2.64. The molecule has 3 aliphatic rings. The Labute approximate surface area is 107 Å². The Balaban J connectivity index is 1.83. The number of hydrogen-bond acceptors (Lipinski definition) is 3. The molecule has 0 saturated carbocycles. The van der Waals surface area contributed by atoms with Crippen LogP contribution in [0.25, 0.3) is 0 Å². The fourth-order valence-electron chi connectivity index (χ4n) is 3.47. The lowest BCUT2D eigenvalue weighted by molar-refractivity contribution is -0.163. The number of rotatable bonds is 1. The highest BCUT2D eigenvalue weighted by Crippen LogP contribution is 2.30. The number of carbonyl (C=O) groups excluding carboxylic acids is 2. The van der Waals surface area contributed by atoms with E-state index in [2.05, 4.69) is 0 Å². The van der Waals surface area contributed by atoms with Gasteiger partial charge in [0.25, 0.3) is 0 Å². The van der Waals surface area contributed by atoms with Gasteiger partial charge in [0.1, 0.15) is 12.1 Å². The highest BCUT2D eigenvalue weighted by molar-refractivity contribution is 5.97. The Hall–Kier alpha value is -1.10. The van der Waals surface area contributed by atoms with Crippen LogP contribution in [0.15, 0.2) is 0 Å². The van der Waals surface area contributed by atoms with Crippen molar-refractivity contribution in [3.63, 3.8) is 0 Å². The number of ether oxygens (including phenoxy) is 1. The molecule has 5 heteroatoms. The lowest BCUT2D eigenvalue weighted by atomic mass is 9.99. The van der Waals surface area contributed by atoms with Crippen LogP contribution < -0.4 is 0 Å². The van der Waals surface area contributed by atoms with E-state index in [1.807, 2.05) is 11.8 Å². The van der Waals surface area contributed by atoms with Crippen molar-refractivity contribution in [1.82, 2.24) is 9.80 Å². The summed E-state index contributed by atoms with van der Waals surface area (Å²) < 4.78 is 5.34. The zero-order chi connectivity index (χ0) is 12.7. The molecule has 3 rings (SSSR count). The van der Waals surface area contributed by atoms with E-state index in [1.54, 1.807) is 4.90 Å². The zero-order valence-electron chi connectivity index (χ0n) is 10.8. The van der Waals surface area contributed by atoms with Gasteiger partial charge in [0.2, 0.25) is 11.8 Å². The first kappa shape index (κ1) is 12.0. The number of hydrogen-bond donors (Lipinski definition) is 0. The molecule has 0 radical (unpaired) electrons. The van der Waals surface area contributed by atoms with Crippen LogP contribution in [0.5, 0.6) is 0 Å². The molecule has 0 aromatic heterocycles. The summed E-state index contributed by atoms with van der Waals surface area (Å²) in [6, 6.07) is -0.292. The van der Waals surface area contributed by atoms with Crippen molar-refractivity contribution >= 4 is 11.8 Å². The standard InChI is InChI=1S/C13H20N2O3/c1-9-12(16)14-6-2-3-11(14)13(17)15(9)10-4-7-18-8-5-10/h9-11H,2-8H2,1H3. The minimum atomic E-state index is -0.296. The Kier molecular flexibility index (Phi) is 3.01. The minimum Gasteiger partial charge on any atom is -0.381 e. The molecular weight excluding hydrogens is 232 g/mol. The van der Waals surface area contributed by atoms with Crippen LogP contribution in [0, 0.1) is 0 Å². The predicted octanol–water partition coefficient (Wildman–Crippen LogP) is 0.387. The smallest absolute Gasteiger partial charge is 0.246 e. The van der Waals surface area contributed by atoms with Gasteiger partial charge in [-0.05, 0) is 32.6 Å². The van der Waals surface area contributed by atoms with Crippen LogP contribution in [0.2, 0.25) is 0 Å². The first-order chi connectivity index (χ1) is 8.70. The van der Waals surface area contributed by atoms with Gasteiger partial charge in [-0.15, -0.1) is 0 Å². The summed E-state index contributed by atoms with van der Waals surface area (Å²) in [6.45, 7) is 4.01. The van der Waals surface area contributed by atoms with Crippen LogP contribution in [-0.2, 0) is 14.3 Å². The van der Waals surface area contributed by atoms with E-state index in [4.69, 9.17) is 4.74 Å². The molecule has 0 aliphatic carbocycles. The summed E-state index contributed by atoms with van der Waals surface area (Å²) in [5, 5.41) is 0. The van der Waals surface area contributed by atoms with Crippen molar-refractivity contribution in [1.29, 1.82) is 0 Å². The summed E-state index contributed by atoms with van der Waals surface area (Å²) in [4.78, 5) is 28.5. The Morgan fingerprint density at radius 1 is 1.11 bits per heavy atom. The van der Waals surface area contributed by atoms with Crippen LogP contribution >= 0.6 is 0 Å². The van der Waals surface area contributed by atoms with Crippen molar-refractivity contribution in [3.8, 4) is 0 Å². The van der Waals surface area contributed by atoms with Crippen molar-refractivity contribution in [3.05, 3.63) is 0 Å². The van der Waals surface area contributed by atoms with Crippen LogP contribution in [0.3, 0.4) is 0 Å². The first-order valence-electron chi connectivity index (χ1n) is 6.90. The lowest BCUT2D eigenvalue weighted by Gasteiger charge is -2.45. The average Bonchev–Trinajstić information content (AvgIpc) is 2.87. The summed E-state index contributed by atoms with van der Waals surface area (Å²) in [7, 11) is 0. The largest absolute Gasteiger partial charge is 0.381 e. The first-order valence-corrected chi connectivity index (χ1v) is 6.90. The highest BCUT2D eigenvalue weighted by atomic mass is 16.5. The summed E-state index contributed by atoms with van der Waals surface area (Å²) >= 11 is 0. The summed E-state index contributed by atoms with van der Waals surface area (Å²) in [5.41, 5.74) is 0. The molecule has 3 aliphatic heterocycles. The van der Waals surface area contributed by atoms with Crippen molar-refractivity contribution in [2.24, 2.45) is 0 Å². The van der Waals surface area contributed by atoms with Gasteiger partial charge in [-0.1, -0.05) is 0 Å². The SMILES string of the molecule is CC1C(=O)N2CCCC2C(=O)N1C1CCOCC1. The van der Waals surface area contributed by atoms with E-state index in [0.717, 1.165) is 32.2 Å². The van der Waals surface area contributed by atoms with E-state index in [0.29, 0.717) is 13.2 Å². The fraction of sp³-hybridized carbons (Fsp3) is 0.846. The van der Waals surface area contributed by atoms with Crippen LogP contribution in [0.1, 0.15) is 32.6 Å².